The maximum absolute atomic E-state index is 11.6. The predicted octanol–water partition coefficient (Wildman–Crippen LogP) is 4.50. The molecule has 35 heavy (non-hydrogen) atoms. The molecule has 0 saturated carbocycles. The zero-order chi connectivity index (χ0) is 24.5. The van der Waals surface area contributed by atoms with E-state index in [0.717, 1.165) is 49.8 Å². The molecule has 180 valence electrons. The maximum atomic E-state index is 11.6. The summed E-state index contributed by atoms with van der Waals surface area (Å²) in [6.07, 6.45) is -1.12. The molecule has 8 nitrogen and oxygen atoms in total. The van der Waals surface area contributed by atoms with E-state index in [1.807, 2.05) is 36.4 Å². The van der Waals surface area contributed by atoms with Gasteiger partial charge in [-0.05, 0) is 64.6 Å². The van der Waals surface area contributed by atoms with Crippen LogP contribution >= 0.6 is 0 Å². The molecule has 0 fully saturated rings. The highest BCUT2D eigenvalue weighted by Crippen LogP contribution is 2.36. The van der Waals surface area contributed by atoms with Crippen LogP contribution in [-0.4, -0.2) is 46.4 Å². The lowest BCUT2D eigenvalue weighted by atomic mass is 9.94. The van der Waals surface area contributed by atoms with Crippen LogP contribution in [-0.2, 0) is 24.4 Å². The summed E-state index contributed by atoms with van der Waals surface area (Å²) in [4.78, 5) is 24.0. The highest BCUT2D eigenvalue weighted by atomic mass is 16.6. The van der Waals surface area contributed by atoms with Gasteiger partial charge < -0.3 is 24.4 Å². The minimum Gasteiger partial charge on any atom is -0.489 e. The number of rotatable bonds is 5. The molecule has 2 aliphatic rings. The molecule has 2 N–H and O–H groups in total. The molecule has 1 amide bonds. The van der Waals surface area contributed by atoms with Crippen LogP contribution in [0, 0.1) is 6.92 Å². The zero-order valence-electron chi connectivity index (χ0n) is 19.2. The molecular formula is C27H25NO7. The Morgan fingerprint density at radius 2 is 1.80 bits per heavy atom. The van der Waals surface area contributed by atoms with Crippen molar-refractivity contribution < 1.29 is 34.0 Å². The third-order valence-corrected chi connectivity index (χ3v) is 6.53. The lowest BCUT2D eigenvalue weighted by molar-refractivity contribution is -0.143. The van der Waals surface area contributed by atoms with Crippen LogP contribution in [0.25, 0.3) is 11.1 Å². The summed E-state index contributed by atoms with van der Waals surface area (Å²) in [7, 11) is 0. The predicted molar refractivity (Wildman–Crippen MR) is 127 cm³/mol. The van der Waals surface area contributed by atoms with Gasteiger partial charge in [0.25, 0.3) is 0 Å². The van der Waals surface area contributed by atoms with Crippen LogP contribution in [0.2, 0.25) is 0 Å². The topological polar surface area (TPSA) is 106 Å². The van der Waals surface area contributed by atoms with Crippen molar-refractivity contribution in [3.63, 3.8) is 0 Å². The van der Waals surface area contributed by atoms with E-state index in [4.69, 9.17) is 14.2 Å². The molecule has 0 spiro atoms. The van der Waals surface area contributed by atoms with Gasteiger partial charge in [-0.25, -0.2) is 9.59 Å². The standard InChI is InChI=1S/C27H25NO7/c1-16-19(3-2-4-22(16)18-6-8-24-25(13-18)34-10-9-33-24)15-35-21-7-5-17-12-23(26(29)30)28(27(31)32)14-20(17)11-21/h2-8,11,13,23H,9-10,12,14-15H2,1H3,(H,29,30)(H,31,32)/t23-/m1/s1. The maximum Gasteiger partial charge on any atom is 0.408 e. The Balaban J connectivity index is 1.34. The second kappa shape index (κ2) is 9.21. The van der Waals surface area contributed by atoms with Gasteiger partial charge in [-0.2, -0.15) is 0 Å². The first-order valence-corrected chi connectivity index (χ1v) is 11.4. The second-order valence-electron chi connectivity index (χ2n) is 8.64. The van der Waals surface area contributed by atoms with Gasteiger partial charge in [0, 0.05) is 6.42 Å². The number of carbonyl (C=O) groups is 2. The van der Waals surface area contributed by atoms with Crippen molar-refractivity contribution in [2.45, 2.75) is 32.5 Å². The number of amides is 1. The van der Waals surface area contributed by atoms with Gasteiger partial charge in [-0.15, -0.1) is 0 Å². The van der Waals surface area contributed by atoms with Crippen LogP contribution in [0.4, 0.5) is 4.79 Å². The van der Waals surface area contributed by atoms with Crippen molar-refractivity contribution in [2.75, 3.05) is 13.2 Å². The summed E-state index contributed by atoms with van der Waals surface area (Å²) in [5.74, 6) is 0.948. The van der Waals surface area contributed by atoms with Crippen molar-refractivity contribution in [1.29, 1.82) is 0 Å². The van der Waals surface area contributed by atoms with E-state index < -0.39 is 18.1 Å². The van der Waals surface area contributed by atoms with Gasteiger partial charge >= 0.3 is 12.1 Å². The summed E-state index contributed by atoms with van der Waals surface area (Å²) in [6, 6.07) is 16.3. The van der Waals surface area contributed by atoms with Gasteiger partial charge in [0.05, 0.1) is 6.54 Å². The fourth-order valence-corrected chi connectivity index (χ4v) is 4.60. The number of ether oxygens (including phenoxy) is 3. The van der Waals surface area contributed by atoms with Crippen LogP contribution in [0.1, 0.15) is 22.3 Å². The molecule has 3 aromatic carbocycles. The molecule has 8 heteroatoms. The first kappa shape index (κ1) is 22.6. The van der Waals surface area contributed by atoms with Crippen LogP contribution < -0.4 is 14.2 Å². The smallest absolute Gasteiger partial charge is 0.408 e. The molecule has 0 unspecified atom stereocenters. The normalized spacial score (nSPS) is 16.4. The van der Waals surface area contributed by atoms with Crippen LogP contribution in [0.5, 0.6) is 17.2 Å². The van der Waals surface area contributed by atoms with Crippen molar-refractivity contribution in [3.8, 4) is 28.4 Å². The Bertz CT molecular complexity index is 1300. The van der Waals surface area contributed by atoms with Gasteiger partial charge in [0.2, 0.25) is 0 Å². The van der Waals surface area contributed by atoms with E-state index in [1.165, 1.54) is 0 Å². The summed E-state index contributed by atoms with van der Waals surface area (Å²) >= 11 is 0. The Hall–Kier alpha value is -4.20. The minimum absolute atomic E-state index is 0.0114. The lowest BCUT2D eigenvalue weighted by Gasteiger charge is -2.32. The average Bonchev–Trinajstić information content (AvgIpc) is 2.86. The van der Waals surface area contributed by atoms with Gasteiger partial charge in [0.15, 0.2) is 11.5 Å². The molecule has 0 aliphatic carbocycles. The quantitative estimate of drug-likeness (QED) is 0.560. The van der Waals surface area contributed by atoms with Crippen molar-refractivity contribution >= 4 is 12.1 Å². The average molecular weight is 475 g/mol. The Morgan fingerprint density at radius 3 is 2.57 bits per heavy atom. The summed E-state index contributed by atoms with van der Waals surface area (Å²) in [5.41, 5.74) is 5.79. The number of aliphatic carboxylic acids is 1. The van der Waals surface area contributed by atoms with Crippen LogP contribution in [0.3, 0.4) is 0 Å². The van der Waals surface area contributed by atoms with Gasteiger partial charge in [-0.3, -0.25) is 4.90 Å². The van der Waals surface area contributed by atoms with Gasteiger partial charge in [0.1, 0.15) is 31.6 Å². The molecule has 0 radical (unpaired) electrons. The molecule has 5 rings (SSSR count). The minimum atomic E-state index is -1.25. The monoisotopic (exact) mass is 475 g/mol. The fourth-order valence-electron chi connectivity index (χ4n) is 4.60. The molecule has 0 saturated heterocycles. The number of hydrogen-bond acceptors (Lipinski definition) is 5. The molecule has 0 bridgehead atoms. The first-order valence-electron chi connectivity index (χ1n) is 11.4. The van der Waals surface area contributed by atoms with E-state index in [-0.39, 0.29) is 13.0 Å². The Kier molecular flexibility index (Phi) is 5.94. The number of nitrogens with zero attached hydrogens (tertiary/aromatic N) is 1. The summed E-state index contributed by atoms with van der Waals surface area (Å²) in [6.45, 7) is 3.48. The van der Waals surface area contributed by atoms with E-state index in [2.05, 4.69) is 13.0 Å². The first-order chi connectivity index (χ1) is 16.9. The highest BCUT2D eigenvalue weighted by Gasteiger charge is 2.34. The lowest BCUT2D eigenvalue weighted by Crippen LogP contribution is -2.48. The summed E-state index contributed by atoms with van der Waals surface area (Å²) in [5, 5.41) is 18.8. The number of fused-ring (bicyclic) bond motifs is 2. The zero-order valence-corrected chi connectivity index (χ0v) is 19.2. The van der Waals surface area contributed by atoms with Crippen molar-refractivity contribution in [2.24, 2.45) is 0 Å². The molecule has 2 aliphatic heterocycles. The van der Waals surface area contributed by atoms with E-state index in [9.17, 15) is 19.8 Å². The fraction of sp³-hybridized carbons (Fsp3) is 0.259. The molecule has 0 aromatic heterocycles. The Labute approximate surface area is 202 Å². The number of carboxylic acids is 1. The molecule has 1 atom stereocenters. The molecular weight excluding hydrogens is 450 g/mol. The Morgan fingerprint density at radius 1 is 1.00 bits per heavy atom. The highest BCUT2D eigenvalue weighted by molar-refractivity contribution is 5.80. The molecule has 3 aromatic rings. The number of hydrogen-bond donors (Lipinski definition) is 2. The second-order valence-corrected chi connectivity index (χ2v) is 8.64. The SMILES string of the molecule is Cc1c(COc2ccc3c(c2)CN(C(=O)O)[C@@H](C(=O)O)C3)cccc1-c1ccc2c(c1)OCCO2. The van der Waals surface area contributed by atoms with E-state index >= 15 is 0 Å². The number of carboxylic acid groups (broad SMARTS) is 2. The van der Waals surface area contributed by atoms with E-state index in [1.54, 1.807) is 12.1 Å². The largest absolute Gasteiger partial charge is 0.489 e. The van der Waals surface area contributed by atoms with E-state index in [0.29, 0.717) is 25.6 Å². The van der Waals surface area contributed by atoms with Gasteiger partial charge in [-0.1, -0.05) is 30.3 Å². The number of benzene rings is 3. The summed E-state index contributed by atoms with van der Waals surface area (Å²) < 4.78 is 17.4. The van der Waals surface area contributed by atoms with Crippen LogP contribution in [0.15, 0.2) is 54.6 Å². The third kappa shape index (κ3) is 4.47. The van der Waals surface area contributed by atoms with Crippen molar-refractivity contribution in [3.05, 3.63) is 76.9 Å². The third-order valence-electron chi connectivity index (χ3n) is 6.53. The van der Waals surface area contributed by atoms with Crippen molar-refractivity contribution in [1.82, 2.24) is 4.90 Å². The molecule has 2 heterocycles.